The molecular weight excluding hydrogens is 378 g/mol. The van der Waals surface area contributed by atoms with Crippen LogP contribution in [0, 0.1) is 0 Å². The molecular formula is C20H23N3O6. The van der Waals surface area contributed by atoms with Crippen molar-refractivity contribution in [2.75, 3.05) is 6.54 Å². The Hall–Kier alpha value is -3.20. The van der Waals surface area contributed by atoms with E-state index in [-0.39, 0.29) is 25.4 Å². The second kappa shape index (κ2) is 8.87. The molecule has 1 aliphatic heterocycles. The summed E-state index contributed by atoms with van der Waals surface area (Å²) in [7, 11) is 0. The van der Waals surface area contributed by atoms with Gasteiger partial charge in [0.15, 0.2) is 18.3 Å². The van der Waals surface area contributed by atoms with Crippen molar-refractivity contribution in [3.05, 3.63) is 42.4 Å². The summed E-state index contributed by atoms with van der Waals surface area (Å²) in [6.45, 7) is 2.94. The Labute approximate surface area is 167 Å². The number of likely N-dealkylation sites (tertiary alicyclic amines) is 1. The number of carbonyl (C=O) groups is 3. The van der Waals surface area contributed by atoms with Crippen LogP contribution in [-0.2, 0) is 25.7 Å². The molecule has 1 aromatic carbocycles. The molecule has 9 heteroatoms. The van der Waals surface area contributed by atoms with Crippen molar-refractivity contribution in [2.45, 2.75) is 45.1 Å². The number of rotatable bonds is 6. The molecule has 0 radical (unpaired) electrons. The highest BCUT2D eigenvalue weighted by Crippen LogP contribution is 2.21. The van der Waals surface area contributed by atoms with Gasteiger partial charge in [-0.05, 0) is 12.5 Å². The number of aliphatic hydroxyl groups is 1. The number of amides is 2. The molecule has 2 N–H and O–H groups in total. The summed E-state index contributed by atoms with van der Waals surface area (Å²) in [4.78, 5) is 41.4. The molecule has 2 heterocycles. The van der Waals surface area contributed by atoms with Crippen molar-refractivity contribution < 1.29 is 28.6 Å². The molecule has 0 saturated carbocycles. The molecule has 0 spiro atoms. The van der Waals surface area contributed by atoms with Crippen LogP contribution in [0.25, 0.3) is 11.3 Å². The third kappa shape index (κ3) is 5.00. The van der Waals surface area contributed by atoms with Crippen molar-refractivity contribution in [3.8, 4) is 11.3 Å². The first-order valence-corrected chi connectivity index (χ1v) is 9.26. The second-order valence-electron chi connectivity index (χ2n) is 6.93. The van der Waals surface area contributed by atoms with E-state index in [1.54, 1.807) is 6.20 Å². The predicted molar refractivity (Wildman–Crippen MR) is 101 cm³/mol. The van der Waals surface area contributed by atoms with Crippen LogP contribution in [0.2, 0.25) is 0 Å². The Morgan fingerprint density at radius 1 is 1.34 bits per heavy atom. The fraction of sp³-hybridized carbons (Fsp3) is 0.400. The topological polar surface area (TPSA) is 122 Å². The summed E-state index contributed by atoms with van der Waals surface area (Å²) in [5, 5.41) is 12.7. The zero-order valence-corrected chi connectivity index (χ0v) is 16.2. The molecule has 3 rings (SSSR count). The van der Waals surface area contributed by atoms with E-state index in [1.807, 2.05) is 24.3 Å². The van der Waals surface area contributed by atoms with E-state index in [0.29, 0.717) is 5.76 Å². The van der Waals surface area contributed by atoms with Gasteiger partial charge in [0.05, 0.1) is 12.3 Å². The van der Waals surface area contributed by atoms with E-state index in [1.165, 1.54) is 25.1 Å². The van der Waals surface area contributed by atoms with E-state index in [4.69, 9.17) is 9.15 Å². The molecule has 0 bridgehead atoms. The van der Waals surface area contributed by atoms with Crippen molar-refractivity contribution >= 4 is 17.8 Å². The first-order chi connectivity index (χ1) is 13.8. The number of nitrogens with one attached hydrogen (secondary N) is 1. The van der Waals surface area contributed by atoms with Crippen molar-refractivity contribution in [1.29, 1.82) is 0 Å². The standard InChI is InChI=1S/C20H23N3O6/c1-12(29-13(2)24)20(27)23-10-16(25)7-17(23)19(26)22-8-14-3-5-15(6-4-14)18-9-21-11-28-18/h3-6,9,11-12,16-17,25H,7-8,10H2,1-2H3,(H,22,26). The van der Waals surface area contributed by atoms with Crippen LogP contribution in [0.5, 0.6) is 0 Å². The number of aromatic nitrogens is 1. The molecule has 2 aromatic rings. The second-order valence-corrected chi connectivity index (χ2v) is 6.93. The highest BCUT2D eigenvalue weighted by molar-refractivity contribution is 5.90. The van der Waals surface area contributed by atoms with Crippen LogP contribution >= 0.6 is 0 Å². The first kappa shape index (κ1) is 20.5. The van der Waals surface area contributed by atoms with Gasteiger partial charge in [0.25, 0.3) is 5.91 Å². The minimum atomic E-state index is -1.02. The summed E-state index contributed by atoms with van der Waals surface area (Å²) in [5.41, 5.74) is 1.74. The van der Waals surface area contributed by atoms with Crippen LogP contribution in [0.3, 0.4) is 0 Å². The summed E-state index contributed by atoms with van der Waals surface area (Å²) < 4.78 is 10.1. The number of benzene rings is 1. The summed E-state index contributed by atoms with van der Waals surface area (Å²) >= 11 is 0. The van der Waals surface area contributed by atoms with Crippen molar-refractivity contribution in [3.63, 3.8) is 0 Å². The highest BCUT2D eigenvalue weighted by atomic mass is 16.5. The average Bonchev–Trinajstić information content (AvgIpc) is 3.35. The average molecular weight is 401 g/mol. The normalized spacial score (nSPS) is 19.6. The third-order valence-electron chi connectivity index (χ3n) is 4.69. The van der Waals surface area contributed by atoms with Gasteiger partial charge in [-0.25, -0.2) is 4.98 Å². The van der Waals surface area contributed by atoms with Crippen molar-refractivity contribution in [1.82, 2.24) is 15.2 Å². The molecule has 154 valence electrons. The maximum absolute atomic E-state index is 12.6. The summed E-state index contributed by atoms with van der Waals surface area (Å²) in [6, 6.07) is 6.61. The number of hydrogen-bond acceptors (Lipinski definition) is 7. The zero-order chi connectivity index (χ0) is 21.0. The monoisotopic (exact) mass is 401 g/mol. The van der Waals surface area contributed by atoms with Gasteiger partial charge >= 0.3 is 5.97 Å². The van der Waals surface area contributed by atoms with Gasteiger partial charge in [0.1, 0.15) is 6.04 Å². The molecule has 3 unspecified atom stereocenters. The molecule has 1 fully saturated rings. The van der Waals surface area contributed by atoms with Crippen LogP contribution in [0.4, 0.5) is 0 Å². The van der Waals surface area contributed by atoms with E-state index < -0.39 is 30.1 Å². The van der Waals surface area contributed by atoms with Gasteiger partial charge < -0.3 is 24.5 Å². The summed E-state index contributed by atoms with van der Waals surface area (Å²) in [5.74, 6) is -0.811. The summed E-state index contributed by atoms with van der Waals surface area (Å²) in [6.07, 6.45) is 1.28. The predicted octanol–water partition coefficient (Wildman–Crippen LogP) is 0.871. The Balaban J connectivity index is 1.60. The van der Waals surface area contributed by atoms with Gasteiger partial charge in [0, 0.05) is 32.0 Å². The number of oxazole rings is 1. The minimum Gasteiger partial charge on any atom is -0.453 e. The number of esters is 1. The van der Waals surface area contributed by atoms with E-state index >= 15 is 0 Å². The number of aliphatic hydroxyl groups excluding tert-OH is 1. The Morgan fingerprint density at radius 3 is 2.69 bits per heavy atom. The Kier molecular flexibility index (Phi) is 6.28. The molecule has 2 amide bonds. The van der Waals surface area contributed by atoms with Crippen LogP contribution in [-0.4, -0.2) is 57.6 Å². The SMILES string of the molecule is CC(=O)OC(C)C(=O)N1CC(O)CC1C(=O)NCc1ccc(-c2cnco2)cc1. The number of carbonyl (C=O) groups excluding carboxylic acids is 3. The Morgan fingerprint density at radius 2 is 2.07 bits per heavy atom. The maximum atomic E-state index is 12.6. The van der Waals surface area contributed by atoms with E-state index in [0.717, 1.165) is 11.1 Å². The number of nitrogens with zero attached hydrogens (tertiary/aromatic N) is 2. The molecule has 9 nitrogen and oxygen atoms in total. The van der Waals surface area contributed by atoms with Gasteiger partial charge in [-0.2, -0.15) is 0 Å². The minimum absolute atomic E-state index is 0.0222. The maximum Gasteiger partial charge on any atom is 0.303 e. The lowest BCUT2D eigenvalue weighted by Crippen LogP contribution is -2.49. The van der Waals surface area contributed by atoms with Gasteiger partial charge in [-0.1, -0.05) is 24.3 Å². The fourth-order valence-corrected chi connectivity index (χ4v) is 3.29. The van der Waals surface area contributed by atoms with E-state index in [9.17, 15) is 19.5 Å². The van der Waals surface area contributed by atoms with E-state index in [2.05, 4.69) is 10.3 Å². The lowest BCUT2D eigenvalue weighted by molar-refractivity contribution is -0.158. The molecule has 1 aromatic heterocycles. The van der Waals surface area contributed by atoms with Gasteiger partial charge in [-0.3, -0.25) is 14.4 Å². The van der Waals surface area contributed by atoms with Gasteiger partial charge in [0.2, 0.25) is 5.91 Å². The number of hydrogen-bond donors (Lipinski definition) is 2. The number of ether oxygens (including phenoxy) is 1. The molecule has 1 saturated heterocycles. The first-order valence-electron chi connectivity index (χ1n) is 9.26. The number of β-amino-alcohol motifs (C(OH)–C–C–N with tert-alkyl or cyclic N) is 1. The molecule has 3 atom stereocenters. The zero-order valence-electron chi connectivity index (χ0n) is 16.2. The fourth-order valence-electron chi connectivity index (χ4n) is 3.29. The van der Waals surface area contributed by atoms with Crippen LogP contribution in [0.15, 0.2) is 41.3 Å². The van der Waals surface area contributed by atoms with Crippen LogP contribution < -0.4 is 5.32 Å². The lowest BCUT2D eigenvalue weighted by Gasteiger charge is -2.26. The Bertz CT molecular complexity index is 865. The molecule has 1 aliphatic rings. The molecule has 0 aliphatic carbocycles. The lowest BCUT2D eigenvalue weighted by atomic mass is 10.1. The van der Waals surface area contributed by atoms with Crippen molar-refractivity contribution in [2.24, 2.45) is 0 Å². The molecule has 29 heavy (non-hydrogen) atoms. The van der Waals surface area contributed by atoms with Crippen LogP contribution in [0.1, 0.15) is 25.8 Å². The highest BCUT2D eigenvalue weighted by Gasteiger charge is 2.40. The quantitative estimate of drug-likeness (QED) is 0.689. The van der Waals surface area contributed by atoms with Gasteiger partial charge in [-0.15, -0.1) is 0 Å². The largest absolute Gasteiger partial charge is 0.453 e. The smallest absolute Gasteiger partial charge is 0.303 e. The third-order valence-corrected chi connectivity index (χ3v) is 4.69.